The van der Waals surface area contributed by atoms with Gasteiger partial charge in [0.15, 0.2) is 0 Å². The zero-order chi connectivity index (χ0) is 22.9. The van der Waals surface area contributed by atoms with E-state index in [9.17, 15) is 4.79 Å². The second kappa shape index (κ2) is 8.39. The first-order valence-corrected chi connectivity index (χ1v) is 10.9. The highest BCUT2D eigenvalue weighted by Gasteiger charge is 2.26. The van der Waals surface area contributed by atoms with E-state index in [4.69, 9.17) is 0 Å². The summed E-state index contributed by atoms with van der Waals surface area (Å²) in [4.78, 5) is 17.3. The Bertz CT molecular complexity index is 1350. The van der Waals surface area contributed by atoms with E-state index in [-0.39, 0.29) is 17.9 Å². The van der Waals surface area contributed by atoms with Crippen LogP contribution in [0.15, 0.2) is 78.9 Å². The summed E-state index contributed by atoms with van der Waals surface area (Å²) in [6, 6.07) is 24.0. The van der Waals surface area contributed by atoms with E-state index in [2.05, 4.69) is 89.2 Å². The topological polar surface area (TPSA) is 71.8 Å². The average Bonchev–Trinajstić information content (AvgIpc) is 3.22. The lowest BCUT2D eigenvalue weighted by Crippen LogP contribution is -2.20. The van der Waals surface area contributed by atoms with Gasteiger partial charge in [-0.15, -0.1) is 5.10 Å². The molecule has 0 saturated carbocycles. The molecule has 0 spiro atoms. The van der Waals surface area contributed by atoms with Crippen molar-refractivity contribution in [1.82, 2.24) is 14.8 Å². The van der Waals surface area contributed by atoms with E-state index in [0.29, 0.717) is 11.5 Å². The van der Waals surface area contributed by atoms with Gasteiger partial charge in [0.2, 0.25) is 5.95 Å². The molecule has 1 aliphatic rings. The highest BCUT2D eigenvalue weighted by atomic mass is 16.1. The van der Waals surface area contributed by atoms with Gasteiger partial charge in [0, 0.05) is 11.3 Å². The Hall–Kier alpha value is -4.19. The first-order chi connectivity index (χ1) is 16.0. The molecule has 3 aromatic carbocycles. The summed E-state index contributed by atoms with van der Waals surface area (Å²) in [6.07, 6.45) is 2.14. The normalized spacial score (nSPS) is 14.8. The number of hydrogen-bond donors (Lipinski definition) is 2. The Morgan fingerprint density at radius 1 is 0.909 bits per heavy atom. The maximum absolute atomic E-state index is 12.8. The van der Waals surface area contributed by atoms with Gasteiger partial charge in [-0.25, -0.2) is 4.68 Å². The minimum absolute atomic E-state index is 0.157. The maximum Gasteiger partial charge on any atom is 0.258 e. The van der Waals surface area contributed by atoms with Crippen LogP contribution in [0.2, 0.25) is 0 Å². The van der Waals surface area contributed by atoms with Crippen LogP contribution >= 0.6 is 0 Å². The summed E-state index contributed by atoms with van der Waals surface area (Å²) in [5.41, 5.74) is 7.11. The number of anilines is 2. The fourth-order valence-electron chi connectivity index (χ4n) is 3.91. The molecule has 4 aromatic rings. The van der Waals surface area contributed by atoms with Gasteiger partial charge in [0.05, 0.1) is 0 Å². The lowest BCUT2D eigenvalue weighted by molar-refractivity contribution is 0.102. The summed E-state index contributed by atoms with van der Waals surface area (Å²) in [7, 11) is 0. The number of amides is 1. The predicted octanol–water partition coefficient (Wildman–Crippen LogP) is 5.51. The number of hydrogen-bond acceptors (Lipinski definition) is 4. The number of allylic oxidation sites excluding steroid dienone is 1. The zero-order valence-electron chi connectivity index (χ0n) is 18.8. The molecule has 2 heterocycles. The molecule has 1 aliphatic heterocycles. The molecule has 1 amide bonds. The minimum Gasteiger partial charge on any atom is -0.324 e. The summed E-state index contributed by atoms with van der Waals surface area (Å²) in [6.45, 7) is 6.10. The molecule has 0 radical (unpaired) electrons. The number of benzene rings is 3. The Labute approximate surface area is 193 Å². The van der Waals surface area contributed by atoms with Gasteiger partial charge < -0.3 is 5.32 Å². The summed E-state index contributed by atoms with van der Waals surface area (Å²) < 4.78 is 1.81. The first kappa shape index (κ1) is 20.7. The predicted molar refractivity (Wildman–Crippen MR) is 131 cm³/mol. The van der Waals surface area contributed by atoms with Crippen LogP contribution in [-0.2, 0) is 0 Å². The van der Waals surface area contributed by atoms with Crippen molar-refractivity contribution >= 4 is 23.5 Å². The molecule has 2 N–H and O–H groups in total. The Kier molecular flexibility index (Phi) is 5.26. The fraction of sp³-hybridized carbons (Fsp3) is 0.148. The quantitative estimate of drug-likeness (QED) is 0.443. The van der Waals surface area contributed by atoms with E-state index in [1.807, 2.05) is 29.8 Å². The van der Waals surface area contributed by atoms with E-state index < -0.39 is 0 Å². The van der Waals surface area contributed by atoms with Gasteiger partial charge in [-0.3, -0.25) is 10.1 Å². The molecule has 0 unspecified atom stereocenters. The van der Waals surface area contributed by atoms with Crippen LogP contribution in [-0.4, -0.2) is 20.7 Å². The van der Waals surface area contributed by atoms with Gasteiger partial charge in [0.25, 0.3) is 11.9 Å². The number of carbonyl (C=O) groups excluding carboxylic acids is 1. The number of aromatic nitrogens is 3. The van der Waals surface area contributed by atoms with Crippen LogP contribution in [0.4, 0.5) is 11.9 Å². The van der Waals surface area contributed by atoms with Crippen molar-refractivity contribution in [2.24, 2.45) is 0 Å². The molecule has 0 saturated heterocycles. The molecule has 5 rings (SSSR count). The van der Waals surface area contributed by atoms with Crippen molar-refractivity contribution in [3.05, 3.63) is 112 Å². The number of nitrogens with one attached hydrogen (secondary N) is 2. The van der Waals surface area contributed by atoms with Crippen LogP contribution < -0.4 is 10.6 Å². The molecule has 1 aromatic heterocycles. The Morgan fingerprint density at radius 2 is 1.61 bits per heavy atom. The van der Waals surface area contributed by atoms with Crippen molar-refractivity contribution < 1.29 is 4.79 Å². The number of carbonyl (C=O) groups is 1. The van der Waals surface area contributed by atoms with E-state index >= 15 is 0 Å². The molecule has 33 heavy (non-hydrogen) atoms. The summed E-state index contributed by atoms with van der Waals surface area (Å²) >= 11 is 0. The van der Waals surface area contributed by atoms with Gasteiger partial charge in [0.1, 0.15) is 6.04 Å². The summed E-state index contributed by atoms with van der Waals surface area (Å²) in [5, 5.41) is 10.9. The van der Waals surface area contributed by atoms with Crippen LogP contribution in [0.1, 0.15) is 44.2 Å². The largest absolute Gasteiger partial charge is 0.324 e. The number of nitrogens with zero attached hydrogens (tertiary/aromatic N) is 3. The third-order valence-corrected chi connectivity index (χ3v) is 5.75. The van der Waals surface area contributed by atoms with Crippen molar-refractivity contribution in [3.8, 4) is 0 Å². The third-order valence-electron chi connectivity index (χ3n) is 5.75. The van der Waals surface area contributed by atoms with Crippen molar-refractivity contribution in [1.29, 1.82) is 0 Å². The van der Waals surface area contributed by atoms with E-state index in [1.54, 1.807) is 6.07 Å². The minimum atomic E-state index is -0.236. The second-order valence-electron chi connectivity index (χ2n) is 8.45. The van der Waals surface area contributed by atoms with Crippen LogP contribution in [0.25, 0.3) is 5.70 Å². The van der Waals surface area contributed by atoms with Crippen LogP contribution in [0.5, 0.6) is 0 Å². The standard InChI is InChI=1S/C27H25N5O/c1-17-7-11-20(12-8-17)23-16-24(21-13-9-18(2)10-14-21)32-27(28-23)30-26(31-32)29-25(33)22-6-4-5-19(3)15-22/h4-16,24H,1-3H3,(H2,28,29,30,31,33)/t24-/m0/s1. The van der Waals surface area contributed by atoms with Crippen LogP contribution in [0.3, 0.4) is 0 Å². The van der Waals surface area contributed by atoms with Crippen molar-refractivity contribution in [3.63, 3.8) is 0 Å². The fourth-order valence-corrected chi connectivity index (χ4v) is 3.91. The second-order valence-corrected chi connectivity index (χ2v) is 8.45. The molecule has 1 atom stereocenters. The SMILES string of the molecule is Cc1ccc(C2=C[C@@H](c3ccc(C)cc3)n3nc(NC(=O)c4cccc(C)c4)nc3N2)cc1. The van der Waals surface area contributed by atoms with Gasteiger partial charge in [-0.05, 0) is 50.1 Å². The number of aryl methyl sites for hydroxylation is 3. The molecular formula is C27H25N5O. The highest BCUT2D eigenvalue weighted by Crippen LogP contribution is 2.33. The Morgan fingerprint density at radius 3 is 2.30 bits per heavy atom. The van der Waals surface area contributed by atoms with Crippen LogP contribution in [0, 0.1) is 20.8 Å². The van der Waals surface area contributed by atoms with Crippen molar-refractivity contribution in [2.45, 2.75) is 26.8 Å². The van der Waals surface area contributed by atoms with Gasteiger partial charge >= 0.3 is 0 Å². The number of fused-ring (bicyclic) bond motifs is 1. The van der Waals surface area contributed by atoms with E-state index in [0.717, 1.165) is 22.4 Å². The highest BCUT2D eigenvalue weighted by molar-refractivity contribution is 6.03. The maximum atomic E-state index is 12.8. The average molecular weight is 436 g/mol. The molecule has 0 aliphatic carbocycles. The van der Waals surface area contributed by atoms with Gasteiger partial charge in [-0.2, -0.15) is 4.98 Å². The molecule has 0 bridgehead atoms. The van der Waals surface area contributed by atoms with Crippen molar-refractivity contribution in [2.75, 3.05) is 10.6 Å². The monoisotopic (exact) mass is 435 g/mol. The summed E-state index contributed by atoms with van der Waals surface area (Å²) in [5.74, 6) is 0.609. The Balaban J connectivity index is 1.51. The lowest BCUT2D eigenvalue weighted by atomic mass is 10.0. The third kappa shape index (κ3) is 4.28. The van der Waals surface area contributed by atoms with Gasteiger partial charge in [-0.1, -0.05) is 77.4 Å². The molecule has 0 fully saturated rings. The van der Waals surface area contributed by atoms with E-state index in [1.165, 1.54) is 11.1 Å². The molecule has 164 valence electrons. The number of rotatable bonds is 4. The smallest absolute Gasteiger partial charge is 0.258 e. The molecular weight excluding hydrogens is 410 g/mol. The molecule has 6 nitrogen and oxygen atoms in total. The lowest BCUT2D eigenvalue weighted by Gasteiger charge is -2.24. The molecule has 6 heteroatoms. The first-order valence-electron chi connectivity index (χ1n) is 10.9. The zero-order valence-corrected chi connectivity index (χ0v) is 18.8.